The molecule has 0 radical (unpaired) electrons. The van der Waals surface area contributed by atoms with E-state index in [1.807, 2.05) is 42.5 Å². The van der Waals surface area contributed by atoms with Gasteiger partial charge >= 0.3 is 0 Å². The molecule has 0 fully saturated rings. The predicted octanol–water partition coefficient (Wildman–Crippen LogP) is 2.71. The molecule has 2 rings (SSSR count). The van der Waals surface area contributed by atoms with E-state index < -0.39 is 0 Å². The maximum absolute atomic E-state index is 11.6. The number of rotatable bonds is 7. The maximum atomic E-state index is 11.6. The fourth-order valence-corrected chi connectivity index (χ4v) is 2.11. The van der Waals surface area contributed by atoms with E-state index in [1.165, 1.54) is 4.90 Å². The highest BCUT2D eigenvalue weighted by molar-refractivity contribution is 14.0. The number of aliphatic imine (C=N–C) groups is 1. The number of halogens is 1. The van der Waals surface area contributed by atoms with Crippen molar-refractivity contribution in [3.05, 3.63) is 54.1 Å². The van der Waals surface area contributed by atoms with Gasteiger partial charge in [0.05, 0.1) is 19.3 Å². The Morgan fingerprint density at radius 2 is 1.93 bits per heavy atom. The van der Waals surface area contributed by atoms with Crippen LogP contribution in [0.25, 0.3) is 0 Å². The second-order valence-corrected chi connectivity index (χ2v) is 5.75. The van der Waals surface area contributed by atoms with E-state index in [9.17, 15) is 4.79 Å². The van der Waals surface area contributed by atoms with Crippen molar-refractivity contribution >= 4 is 41.5 Å². The monoisotopic (exact) mass is 484 g/mol. The van der Waals surface area contributed by atoms with Crippen molar-refractivity contribution in [3.8, 4) is 11.5 Å². The van der Waals surface area contributed by atoms with Crippen LogP contribution in [0.5, 0.6) is 11.5 Å². The number of nitrogens with two attached hydrogens (primary N) is 1. The Balaban J connectivity index is 0.00000364. The molecule has 2 aromatic rings. The second-order valence-electron chi connectivity index (χ2n) is 5.75. The minimum atomic E-state index is -0.0984. The normalized spacial score (nSPS) is 10.6. The SMILES string of the molecule is COc1ccccc1NC(N)=NCc1cccc(OCC(=O)N(C)C)c1.I. The van der Waals surface area contributed by atoms with Crippen LogP contribution in [0.15, 0.2) is 53.5 Å². The third-order valence-corrected chi connectivity index (χ3v) is 3.56. The van der Waals surface area contributed by atoms with Crippen LogP contribution in [0.2, 0.25) is 0 Å². The average molecular weight is 484 g/mol. The number of carbonyl (C=O) groups excluding carboxylic acids is 1. The summed E-state index contributed by atoms with van der Waals surface area (Å²) in [4.78, 5) is 17.4. The van der Waals surface area contributed by atoms with Gasteiger partial charge in [-0.1, -0.05) is 24.3 Å². The zero-order valence-electron chi connectivity index (χ0n) is 15.6. The van der Waals surface area contributed by atoms with Crippen molar-refractivity contribution in [2.45, 2.75) is 6.54 Å². The zero-order valence-corrected chi connectivity index (χ0v) is 18.0. The first-order chi connectivity index (χ1) is 12.5. The van der Waals surface area contributed by atoms with Gasteiger partial charge < -0.3 is 25.4 Å². The number of amides is 1. The molecule has 27 heavy (non-hydrogen) atoms. The van der Waals surface area contributed by atoms with Crippen LogP contribution in [0.1, 0.15) is 5.56 Å². The second kappa shape index (κ2) is 11.3. The molecule has 0 aromatic heterocycles. The average Bonchev–Trinajstić information content (AvgIpc) is 2.65. The molecule has 0 aliphatic carbocycles. The van der Waals surface area contributed by atoms with Gasteiger partial charge in [-0.25, -0.2) is 4.99 Å². The molecular weight excluding hydrogens is 459 g/mol. The van der Waals surface area contributed by atoms with Gasteiger partial charge in [0.15, 0.2) is 12.6 Å². The van der Waals surface area contributed by atoms with Crippen molar-refractivity contribution in [2.75, 3.05) is 33.1 Å². The van der Waals surface area contributed by atoms with Gasteiger partial charge in [-0.3, -0.25) is 4.79 Å². The van der Waals surface area contributed by atoms with E-state index in [4.69, 9.17) is 15.2 Å². The maximum Gasteiger partial charge on any atom is 0.259 e. The Labute approximate surface area is 176 Å². The first-order valence-corrected chi connectivity index (χ1v) is 8.11. The van der Waals surface area contributed by atoms with Gasteiger partial charge in [-0.15, -0.1) is 24.0 Å². The first-order valence-electron chi connectivity index (χ1n) is 8.11. The molecular formula is C19H25IN4O3. The van der Waals surface area contributed by atoms with E-state index in [0.29, 0.717) is 18.0 Å². The van der Waals surface area contributed by atoms with Crippen molar-refractivity contribution in [2.24, 2.45) is 10.7 Å². The molecule has 0 heterocycles. The molecule has 3 N–H and O–H groups in total. The van der Waals surface area contributed by atoms with Crippen LogP contribution in [0.4, 0.5) is 5.69 Å². The number of guanidine groups is 1. The summed E-state index contributed by atoms with van der Waals surface area (Å²) >= 11 is 0. The summed E-state index contributed by atoms with van der Waals surface area (Å²) in [6, 6.07) is 14.9. The van der Waals surface area contributed by atoms with E-state index in [2.05, 4.69) is 10.3 Å². The number of para-hydroxylation sites is 2. The lowest BCUT2D eigenvalue weighted by molar-refractivity contribution is -0.130. The van der Waals surface area contributed by atoms with Crippen LogP contribution >= 0.6 is 24.0 Å². The van der Waals surface area contributed by atoms with Crippen molar-refractivity contribution < 1.29 is 14.3 Å². The standard InChI is InChI=1S/C19H24N4O3.HI/c1-23(2)18(24)13-26-15-8-6-7-14(11-15)12-21-19(20)22-16-9-4-5-10-17(16)25-3;/h4-11H,12-13H2,1-3H3,(H3,20,21,22);1H. The van der Waals surface area contributed by atoms with Gasteiger partial charge in [0.1, 0.15) is 11.5 Å². The number of benzene rings is 2. The fourth-order valence-electron chi connectivity index (χ4n) is 2.11. The molecule has 0 unspecified atom stereocenters. The van der Waals surface area contributed by atoms with Gasteiger partial charge in [0.25, 0.3) is 5.91 Å². The Hall–Kier alpha value is -2.49. The summed E-state index contributed by atoms with van der Waals surface area (Å²) in [5.41, 5.74) is 7.62. The lowest BCUT2D eigenvalue weighted by atomic mass is 10.2. The van der Waals surface area contributed by atoms with Crippen molar-refractivity contribution in [3.63, 3.8) is 0 Å². The third-order valence-electron chi connectivity index (χ3n) is 3.56. The van der Waals surface area contributed by atoms with Crippen LogP contribution in [-0.4, -0.2) is 44.6 Å². The van der Waals surface area contributed by atoms with E-state index >= 15 is 0 Å². The fraction of sp³-hybridized carbons (Fsp3) is 0.263. The number of nitrogens with one attached hydrogen (secondary N) is 1. The third kappa shape index (κ3) is 7.33. The quantitative estimate of drug-likeness (QED) is 0.359. The molecule has 2 aromatic carbocycles. The molecule has 7 nitrogen and oxygen atoms in total. The highest BCUT2D eigenvalue weighted by atomic mass is 127. The molecule has 0 spiro atoms. The largest absolute Gasteiger partial charge is 0.495 e. The smallest absolute Gasteiger partial charge is 0.259 e. The summed E-state index contributed by atoms with van der Waals surface area (Å²) in [6.07, 6.45) is 0. The number of hydrogen-bond donors (Lipinski definition) is 2. The highest BCUT2D eigenvalue weighted by Gasteiger charge is 2.06. The lowest BCUT2D eigenvalue weighted by Gasteiger charge is -2.12. The van der Waals surface area contributed by atoms with E-state index in [0.717, 1.165) is 11.3 Å². The van der Waals surface area contributed by atoms with Crippen molar-refractivity contribution in [1.29, 1.82) is 0 Å². The van der Waals surface area contributed by atoms with E-state index in [1.54, 1.807) is 27.3 Å². The predicted molar refractivity (Wildman–Crippen MR) is 118 cm³/mol. The molecule has 0 aliphatic heterocycles. The van der Waals surface area contributed by atoms with E-state index in [-0.39, 0.29) is 42.5 Å². The number of hydrogen-bond acceptors (Lipinski definition) is 4. The van der Waals surface area contributed by atoms with Gasteiger partial charge in [0, 0.05) is 14.1 Å². The minimum Gasteiger partial charge on any atom is -0.495 e. The summed E-state index contributed by atoms with van der Waals surface area (Å²) in [5.74, 6) is 1.48. The Morgan fingerprint density at radius 3 is 2.63 bits per heavy atom. The molecule has 146 valence electrons. The summed E-state index contributed by atoms with van der Waals surface area (Å²) in [5, 5.41) is 3.02. The van der Waals surface area contributed by atoms with Crippen LogP contribution < -0.4 is 20.5 Å². The number of anilines is 1. The Morgan fingerprint density at radius 1 is 1.19 bits per heavy atom. The number of carbonyl (C=O) groups is 1. The highest BCUT2D eigenvalue weighted by Crippen LogP contribution is 2.22. The topological polar surface area (TPSA) is 89.2 Å². The molecule has 0 atom stereocenters. The van der Waals surface area contributed by atoms with Crippen LogP contribution in [-0.2, 0) is 11.3 Å². The molecule has 0 aliphatic rings. The number of ether oxygens (including phenoxy) is 2. The molecule has 0 saturated carbocycles. The van der Waals surface area contributed by atoms with Gasteiger partial charge in [0.2, 0.25) is 0 Å². The van der Waals surface area contributed by atoms with Gasteiger partial charge in [-0.05, 0) is 29.8 Å². The Kier molecular flexibility index (Phi) is 9.41. The minimum absolute atomic E-state index is 0. The lowest BCUT2D eigenvalue weighted by Crippen LogP contribution is -2.27. The van der Waals surface area contributed by atoms with Crippen molar-refractivity contribution in [1.82, 2.24) is 4.90 Å². The molecule has 1 amide bonds. The summed E-state index contributed by atoms with van der Waals surface area (Å²) in [6.45, 7) is 0.379. The van der Waals surface area contributed by atoms with Crippen LogP contribution in [0, 0.1) is 0 Å². The number of likely N-dealkylation sites (N-methyl/N-ethyl adjacent to an activating group) is 1. The van der Waals surface area contributed by atoms with Gasteiger partial charge in [-0.2, -0.15) is 0 Å². The molecule has 0 saturated heterocycles. The molecule has 8 heteroatoms. The summed E-state index contributed by atoms with van der Waals surface area (Å²) in [7, 11) is 4.98. The summed E-state index contributed by atoms with van der Waals surface area (Å²) < 4.78 is 10.8. The Bertz CT molecular complexity index is 781. The first kappa shape index (κ1) is 22.6. The number of nitrogens with zero attached hydrogens (tertiary/aromatic N) is 2. The zero-order chi connectivity index (χ0) is 18.9. The molecule has 0 bridgehead atoms. The number of methoxy groups -OCH3 is 1. The van der Waals surface area contributed by atoms with Crippen LogP contribution in [0.3, 0.4) is 0 Å².